The second kappa shape index (κ2) is 9.92. The summed E-state index contributed by atoms with van der Waals surface area (Å²) >= 11 is 3.52. The summed E-state index contributed by atoms with van der Waals surface area (Å²) in [4.78, 5) is 23.3. The molecular weight excluding hydrogens is 436 g/mol. The van der Waals surface area contributed by atoms with Crippen LogP contribution in [0.5, 0.6) is 0 Å². The van der Waals surface area contributed by atoms with Crippen molar-refractivity contribution in [2.24, 2.45) is 5.41 Å². The summed E-state index contributed by atoms with van der Waals surface area (Å²) in [7, 11) is 1.49. The van der Waals surface area contributed by atoms with E-state index < -0.39 is 5.41 Å². The van der Waals surface area contributed by atoms with Crippen LogP contribution >= 0.6 is 23.5 Å². The van der Waals surface area contributed by atoms with E-state index in [0.29, 0.717) is 6.42 Å². The van der Waals surface area contributed by atoms with Crippen LogP contribution in [0.15, 0.2) is 51.3 Å². The van der Waals surface area contributed by atoms with Crippen molar-refractivity contribution in [1.29, 1.82) is 0 Å². The van der Waals surface area contributed by atoms with Crippen LogP contribution in [0.4, 0.5) is 0 Å². The lowest BCUT2D eigenvalue weighted by molar-refractivity contribution is -0.153. The van der Waals surface area contributed by atoms with E-state index in [0.717, 1.165) is 39.5 Å². The van der Waals surface area contributed by atoms with E-state index in [1.165, 1.54) is 17.4 Å². The van der Waals surface area contributed by atoms with Crippen molar-refractivity contribution in [3.8, 4) is 0 Å². The quantitative estimate of drug-likeness (QED) is 0.274. The minimum atomic E-state index is -0.522. The zero-order valence-electron chi connectivity index (χ0n) is 20.2. The van der Waals surface area contributed by atoms with E-state index in [4.69, 9.17) is 4.74 Å². The maximum absolute atomic E-state index is 12.7. The first-order valence-corrected chi connectivity index (χ1v) is 12.8. The largest absolute Gasteiger partial charge is 0.469 e. The zero-order valence-corrected chi connectivity index (χ0v) is 21.8. The normalized spacial score (nSPS) is 12.3. The second-order valence-corrected chi connectivity index (χ2v) is 12.2. The smallest absolute Gasteiger partial charge is 0.312 e. The summed E-state index contributed by atoms with van der Waals surface area (Å²) in [6.07, 6.45) is 4.02. The molecule has 6 heteroatoms. The van der Waals surface area contributed by atoms with Crippen LogP contribution in [0.25, 0.3) is 10.9 Å². The van der Waals surface area contributed by atoms with Gasteiger partial charge in [0.2, 0.25) is 0 Å². The summed E-state index contributed by atoms with van der Waals surface area (Å²) in [6, 6.07) is 10.7. The number of nitrogens with zero attached hydrogens (tertiary/aromatic N) is 1. The molecule has 1 aromatic carbocycles. The number of carbonyl (C=O) groups is 1. The number of aromatic nitrogens is 2. The standard InChI is InChI=1S/C26H34N2O2S2/c1-8-26(9-2,24(29)30-7)15-21-23(32-25(4,5)6)19-14-18(11-12-20(19)28-21)31-22-13-10-17(3)16-27-22/h10-14,16,28H,8-9,15H2,1-7H3. The lowest BCUT2D eigenvalue weighted by Crippen LogP contribution is -2.33. The van der Waals surface area contributed by atoms with E-state index in [2.05, 4.69) is 74.9 Å². The van der Waals surface area contributed by atoms with Crippen molar-refractivity contribution < 1.29 is 9.53 Å². The molecule has 172 valence electrons. The molecule has 0 spiro atoms. The van der Waals surface area contributed by atoms with Gasteiger partial charge >= 0.3 is 5.97 Å². The highest BCUT2D eigenvalue weighted by Gasteiger charge is 2.38. The molecule has 4 nitrogen and oxygen atoms in total. The number of benzene rings is 1. The molecule has 0 saturated heterocycles. The average molecular weight is 471 g/mol. The Balaban J connectivity index is 2.07. The maximum atomic E-state index is 12.7. The molecule has 3 rings (SSSR count). The van der Waals surface area contributed by atoms with Gasteiger partial charge in [-0.1, -0.05) is 52.4 Å². The number of esters is 1. The van der Waals surface area contributed by atoms with Crippen molar-refractivity contribution in [2.75, 3.05) is 7.11 Å². The number of H-pyrrole nitrogens is 1. The fourth-order valence-electron chi connectivity index (χ4n) is 3.86. The molecule has 0 aliphatic carbocycles. The molecule has 0 atom stereocenters. The number of aromatic amines is 1. The zero-order chi connectivity index (χ0) is 23.5. The molecule has 1 N–H and O–H groups in total. The number of pyridine rings is 1. The van der Waals surface area contributed by atoms with Crippen molar-refractivity contribution >= 4 is 40.4 Å². The van der Waals surface area contributed by atoms with Gasteiger partial charge in [-0.15, -0.1) is 11.8 Å². The van der Waals surface area contributed by atoms with Crippen LogP contribution in [0, 0.1) is 12.3 Å². The van der Waals surface area contributed by atoms with Crippen LogP contribution in [-0.2, 0) is 16.0 Å². The number of fused-ring (bicyclic) bond motifs is 1. The number of aryl methyl sites for hydroxylation is 1. The maximum Gasteiger partial charge on any atom is 0.312 e. The van der Waals surface area contributed by atoms with Crippen molar-refractivity contribution in [1.82, 2.24) is 9.97 Å². The lowest BCUT2D eigenvalue weighted by Gasteiger charge is -2.29. The monoisotopic (exact) mass is 470 g/mol. The topological polar surface area (TPSA) is 55.0 Å². The third kappa shape index (κ3) is 5.52. The highest BCUT2D eigenvalue weighted by atomic mass is 32.2. The summed E-state index contributed by atoms with van der Waals surface area (Å²) in [5.74, 6) is -0.130. The minimum absolute atomic E-state index is 0.0396. The van der Waals surface area contributed by atoms with Gasteiger partial charge in [0.25, 0.3) is 0 Å². The Labute approximate surface area is 200 Å². The molecule has 0 radical (unpaired) electrons. The van der Waals surface area contributed by atoms with Gasteiger partial charge in [0.15, 0.2) is 0 Å². The Morgan fingerprint density at radius 2 is 1.84 bits per heavy atom. The predicted octanol–water partition coefficient (Wildman–Crippen LogP) is 7.44. The van der Waals surface area contributed by atoms with Gasteiger partial charge in [-0.25, -0.2) is 4.98 Å². The third-order valence-corrected chi connectivity index (χ3v) is 8.02. The number of thioether (sulfide) groups is 1. The number of nitrogens with one attached hydrogen (secondary N) is 1. The average Bonchev–Trinajstić information content (AvgIpc) is 3.08. The van der Waals surface area contributed by atoms with E-state index in [1.54, 1.807) is 11.8 Å². The summed E-state index contributed by atoms with van der Waals surface area (Å²) in [5.41, 5.74) is 2.85. The van der Waals surface area contributed by atoms with Crippen molar-refractivity contribution in [2.45, 2.75) is 80.4 Å². The van der Waals surface area contributed by atoms with Crippen molar-refractivity contribution in [3.63, 3.8) is 0 Å². The number of carbonyl (C=O) groups excluding carboxylic acids is 1. The fourth-order valence-corrected chi connectivity index (χ4v) is 5.80. The summed E-state index contributed by atoms with van der Waals surface area (Å²) < 4.78 is 5.25. The first-order chi connectivity index (χ1) is 15.1. The number of hydrogen-bond acceptors (Lipinski definition) is 5. The lowest BCUT2D eigenvalue weighted by atomic mass is 9.78. The molecule has 0 aliphatic heterocycles. The Kier molecular flexibility index (Phi) is 7.66. The second-order valence-electron chi connectivity index (χ2n) is 9.29. The van der Waals surface area contributed by atoms with E-state index in [1.807, 2.05) is 24.9 Å². The molecule has 0 amide bonds. The summed E-state index contributed by atoms with van der Waals surface area (Å²) in [6.45, 7) is 12.9. The van der Waals surface area contributed by atoms with Crippen LogP contribution in [-0.4, -0.2) is 27.8 Å². The molecule has 0 aliphatic rings. The molecule has 2 aromatic heterocycles. The molecule has 32 heavy (non-hydrogen) atoms. The Hall–Kier alpha value is -1.92. The van der Waals surface area contributed by atoms with E-state index in [9.17, 15) is 4.79 Å². The van der Waals surface area contributed by atoms with Crippen LogP contribution in [0.3, 0.4) is 0 Å². The van der Waals surface area contributed by atoms with Crippen LogP contribution < -0.4 is 0 Å². The first-order valence-electron chi connectivity index (χ1n) is 11.1. The molecule has 0 fully saturated rings. The minimum Gasteiger partial charge on any atom is -0.469 e. The number of ether oxygens (including phenoxy) is 1. The van der Waals surface area contributed by atoms with Crippen LogP contribution in [0.2, 0.25) is 0 Å². The number of hydrogen-bond donors (Lipinski definition) is 1. The Bertz CT molecular complexity index is 1080. The highest BCUT2D eigenvalue weighted by molar-refractivity contribution is 8.01. The Morgan fingerprint density at radius 1 is 1.12 bits per heavy atom. The van der Waals surface area contributed by atoms with Gasteiger partial charge in [0.1, 0.15) is 5.03 Å². The van der Waals surface area contributed by atoms with Crippen LogP contribution in [0.1, 0.15) is 58.7 Å². The molecule has 0 saturated carbocycles. The SMILES string of the molecule is CCC(CC)(Cc1[nH]c2ccc(Sc3ccc(C)cn3)cc2c1SC(C)(C)C)C(=O)OC. The molecule has 0 bridgehead atoms. The van der Waals surface area contributed by atoms with Gasteiger partial charge in [0, 0.05) is 43.8 Å². The van der Waals surface area contributed by atoms with Gasteiger partial charge in [-0.05, 0) is 49.6 Å². The third-order valence-electron chi connectivity index (χ3n) is 5.80. The van der Waals surface area contributed by atoms with Gasteiger partial charge in [-0.3, -0.25) is 4.79 Å². The van der Waals surface area contributed by atoms with E-state index >= 15 is 0 Å². The molecule has 2 heterocycles. The Morgan fingerprint density at radius 3 is 2.41 bits per heavy atom. The highest BCUT2D eigenvalue weighted by Crippen LogP contribution is 2.44. The van der Waals surface area contributed by atoms with Gasteiger partial charge in [0.05, 0.1) is 12.5 Å². The van der Waals surface area contributed by atoms with Gasteiger partial charge < -0.3 is 9.72 Å². The van der Waals surface area contributed by atoms with Crippen molar-refractivity contribution in [3.05, 3.63) is 47.8 Å². The summed E-state index contributed by atoms with van der Waals surface area (Å²) in [5, 5.41) is 2.18. The number of methoxy groups -OCH3 is 1. The first kappa shape index (κ1) is 24.7. The molecule has 0 unspecified atom stereocenters. The van der Waals surface area contributed by atoms with Gasteiger partial charge in [-0.2, -0.15) is 0 Å². The fraction of sp³-hybridized carbons (Fsp3) is 0.462. The van der Waals surface area contributed by atoms with E-state index in [-0.39, 0.29) is 10.7 Å². The predicted molar refractivity (Wildman–Crippen MR) is 136 cm³/mol. The number of rotatable bonds is 8. The molecular formula is C26H34N2O2S2. The molecule has 3 aromatic rings.